The van der Waals surface area contributed by atoms with Crippen LogP contribution in [0.15, 0.2) is 29.3 Å². The zero-order valence-corrected chi connectivity index (χ0v) is 12.8. The maximum Gasteiger partial charge on any atom is 0.292 e. The fraction of sp³-hybridized carbons (Fsp3) is 0.400. The molecule has 1 saturated carbocycles. The Morgan fingerprint density at radius 3 is 2.45 bits per heavy atom. The van der Waals surface area contributed by atoms with Gasteiger partial charge in [-0.05, 0) is 17.7 Å². The first kappa shape index (κ1) is 14.8. The van der Waals surface area contributed by atoms with Crippen molar-refractivity contribution in [2.75, 3.05) is 14.2 Å². The summed E-state index contributed by atoms with van der Waals surface area (Å²) in [6, 6.07) is 11.4. The second-order valence-corrected chi connectivity index (χ2v) is 5.75. The van der Waals surface area contributed by atoms with Gasteiger partial charge in [0.05, 0.1) is 12.1 Å². The number of halogens is 1. The van der Waals surface area contributed by atoms with Crippen LogP contribution in [0, 0.1) is 33.5 Å². The molecule has 0 saturated heterocycles. The van der Waals surface area contributed by atoms with Gasteiger partial charge in [0, 0.05) is 25.2 Å². The number of benzene rings is 1. The molecular formula is C15H13ClN4O2. The van der Waals surface area contributed by atoms with Crippen LogP contribution in [-0.2, 0) is 9.47 Å². The van der Waals surface area contributed by atoms with Gasteiger partial charge in [0.1, 0.15) is 11.3 Å². The number of fused-ring (bicyclic) bond motifs is 1. The zero-order chi connectivity index (χ0) is 16.2. The van der Waals surface area contributed by atoms with Gasteiger partial charge in [-0.15, -0.1) is 0 Å². The number of nitrogens with two attached hydrogens (primary N) is 1. The predicted molar refractivity (Wildman–Crippen MR) is 78.7 cm³/mol. The first-order valence-electron chi connectivity index (χ1n) is 6.53. The Hall–Kier alpha value is -2.12. The highest BCUT2D eigenvalue weighted by molar-refractivity contribution is 6.30. The molecule has 0 aromatic heterocycles. The van der Waals surface area contributed by atoms with Crippen molar-refractivity contribution < 1.29 is 9.47 Å². The van der Waals surface area contributed by atoms with E-state index in [2.05, 4.69) is 17.1 Å². The van der Waals surface area contributed by atoms with Gasteiger partial charge >= 0.3 is 0 Å². The molecule has 22 heavy (non-hydrogen) atoms. The molecule has 3 atom stereocenters. The van der Waals surface area contributed by atoms with Crippen molar-refractivity contribution in [2.24, 2.45) is 21.6 Å². The third-order valence-corrected chi connectivity index (χ3v) is 4.90. The molecule has 3 rings (SSSR count). The molecule has 1 aromatic carbocycles. The van der Waals surface area contributed by atoms with E-state index in [1.54, 1.807) is 24.3 Å². The average molecular weight is 317 g/mol. The van der Waals surface area contributed by atoms with Crippen LogP contribution in [0.25, 0.3) is 0 Å². The van der Waals surface area contributed by atoms with E-state index in [9.17, 15) is 10.5 Å². The standard InChI is InChI=1S/C15H13ClN4O2/c1-21-15(22-2)14(8-18)11(9-4-3-5-10(16)6-9)13(14,7-17)12(19)20-15/h3-6,11H,1-2H3,(H2,19,20)/t11-,13-,14+/m1/s1. The van der Waals surface area contributed by atoms with E-state index >= 15 is 0 Å². The second-order valence-electron chi connectivity index (χ2n) is 5.31. The van der Waals surface area contributed by atoms with Crippen LogP contribution >= 0.6 is 11.6 Å². The summed E-state index contributed by atoms with van der Waals surface area (Å²) in [6.07, 6.45) is 0. The molecule has 1 fully saturated rings. The first-order valence-corrected chi connectivity index (χ1v) is 6.91. The van der Waals surface area contributed by atoms with E-state index in [4.69, 9.17) is 26.8 Å². The molecule has 6 nitrogen and oxygen atoms in total. The van der Waals surface area contributed by atoms with Crippen molar-refractivity contribution >= 4 is 17.4 Å². The zero-order valence-electron chi connectivity index (χ0n) is 12.0. The van der Waals surface area contributed by atoms with Crippen molar-refractivity contribution in [2.45, 2.75) is 11.8 Å². The van der Waals surface area contributed by atoms with Crippen LogP contribution in [-0.4, -0.2) is 26.0 Å². The molecule has 0 bridgehead atoms. The van der Waals surface area contributed by atoms with E-state index in [1.807, 2.05) is 0 Å². The smallest absolute Gasteiger partial charge is 0.292 e. The molecule has 2 aliphatic rings. The van der Waals surface area contributed by atoms with Crippen molar-refractivity contribution in [1.82, 2.24) is 0 Å². The van der Waals surface area contributed by atoms with Crippen molar-refractivity contribution in [3.8, 4) is 12.1 Å². The summed E-state index contributed by atoms with van der Waals surface area (Å²) >= 11 is 6.04. The number of hydrogen-bond acceptors (Lipinski definition) is 6. The first-order chi connectivity index (χ1) is 10.5. The topological polar surface area (TPSA) is 104 Å². The van der Waals surface area contributed by atoms with E-state index in [1.165, 1.54) is 14.2 Å². The summed E-state index contributed by atoms with van der Waals surface area (Å²) in [5.41, 5.74) is 4.11. The van der Waals surface area contributed by atoms with Gasteiger partial charge < -0.3 is 15.2 Å². The van der Waals surface area contributed by atoms with Gasteiger partial charge in [-0.2, -0.15) is 10.5 Å². The number of methoxy groups -OCH3 is 2. The van der Waals surface area contributed by atoms with Crippen LogP contribution in [0.4, 0.5) is 0 Å². The van der Waals surface area contributed by atoms with Gasteiger partial charge in [0.2, 0.25) is 0 Å². The fourth-order valence-electron chi connectivity index (χ4n) is 3.71. The SMILES string of the molecule is COC1(OC)N=C(N)[C@@]2(C#N)[C@@H](c3cccc(Cl)c3)[C@]12C#N. The Morgan fingerprint density at radius 2 is 1.95 bits per heavy atom. The van der Waals surface area contributed by atoms with E-state index < -0.39 is 22.7 Å². The van der Waals surface area contributed by atoms with E-state index in [-0.39, 0.29) is 5.84 Å². The molecule has 0 spiro atoms. The highest BCUT2D eigenvalue weighted by Gasteiger charge is 2.93. The number of hydrogen-bond donors (Lipinski definition) is 1. The summed E-state index contributed by atoms with van der Waals surface area (Å²) in [7, 11) is 2.75. The Morgan fingerprint density at radius 1 is 1.27 bits per heavy atom. The van der Waals surface area contributed by atoms with E-state index in [0.717, 1.165) is 5.56 Å². The van der Waals surface area contributed by atoms with Gasteiger partial charge in [-0.1, -0.05) is 23.7 Å². The summed E-state index contributed by atoms with van der Waals surface area (Å²) in [5.74, 6) is -2.08. The average Bonchev–Trinajstić information content (AvgIpc) is 3.11. The third-order valence-electron chi connectivity index (χ3n) is 4.66. The molecule has 1 aliphatic heterocycles. The van der Waals surface area contributed by atoms with E-state index in [0.29, 0.717) is 5.02 Å². The normalized spacial score (nSPS) is 34.2. The lowest BCUT2D eigenvalue weighted by atomic mass is 9.93. The largest absolute Gasteiger partial charge is 0.386 e. The van der Waals surface area contributed by atoms with Crippen LogP contribution in [0.2, 0.25) is 5.02 Å². The molecule has 112 valence electrons. The van der Waals surface area contributed by atoms with Crippen LogP contribution in [0.3, 0.4) is 0 Å². The lowest BCUT2D eigenvalue weighted by Crippen LogP contribution is -2.41. The third kappa shape index (κ3) is 1.29. The Bertz CT molecular complexity index is 762. The van der Waals surface area contributed by atoms with Crippen molar-refractivity contribution in [1.29, 1.82) is 10.5 Å². The van der Waals surface area contributed by atoms with Crippen LogP contribution in [0.1, 0.15) is 11.5 Å². The highest BCUT2D eigenvalue weighted by Crippen LogP contribution is 2.81. The summed E-state index contributed by atoms with van der Waals surface area (Å²) in [5, 5.41) is 20.1. The summed E-state index contributed by atoms with van der Waals surface area (Å²) < 4.78 is 10.8. The summed E-state index contributed by atoms with van der Waals surface area (Å²) in [4.78, 5) is 4.14. The molecule has 2 N–H and O–H groups in total. The molecule has 1 aliphatic carbocycles. The number of nitriles is 2. The maximum atomic E-state index is 9.86. The maximum absolute atomic E-state index is 9.86. The van der Waals surface area contributed by atoms with Gasteiger partial charge in [0.15, 0.2) is 5.41 Å². The van der Waals surface area contributed by atoms with Crippen LogP contribution in [0.5, 0.6) is 0 Å². The molecule has 1 heterocycles. The second kappa shape index (κ2) is 4.44. The monoisotopic (exact) mass is 316 g/mol. The van der Waals surface area contributed by atoms with Gasteiger partial charge in [0.25, 0.3) is 5.91 Å². The fourth-order valence-corrected chi connectivity index (χ4v) is 3.91. The molecule has 7 heteroatoms. The minimum atomic E-state index is -1.60. The molecular weight excluding hydrogens is 304 g/mol. The Balaban J connectivity index is 2.26. The predicted octanol–water partition coefficient (Wildman–Crippen LogP) is 1.77. The number of ether oxygens (including phenoxy) is 2. The molecule has 0 unspecified atom stereocenters. The van der Waals surface area contributed by atoms with Crippen molar-refractivity contribution in [3.05, 3.63) is 34.9 Å². The number of amidine groups is 1. The Labute approximate surface area is 132 Å². The number of nitrogens with zero attached hydrogens (tertiary/aromatic N) is 3. The number of rotatable bonds is 3. The minimum Gasteiger partial charge on any atom is -0.386 e. The molecule has 1 aromatic rings. The molecule has 0 radical (unpaired) electrons. The quantitative estimate of drug-likeness (QED) is 0.856. The lowest BCUT2D eigenvalue weighted by Gasteiger charge is -2.29. The van der Waals surface area contributed by atoms with Crippen LogP contribution < -0.4 is 5.73 Å². The Kier molecular flexibility index (Phi) is 2.99. The highest BCUT2D eigenvalue weighted by atomic mass is 35.5. The lowest BCUT2D eigenvalue weighted by molar-refractivity contribution is -0.230. The van der Waals surface area contributed by atoms with Gasteiger partial charge in [-0.3, -0.25) is 0 Å². The van der Waals surface area contributed by atoms with Gasteiger partial charge in [-0.25, -0.2) is 4.99 Å². The minimum absolute atomic E-state index is 0.0465. The summed E-state index contributed by atoms with van der Waals surface area (Å²) in [6.45, 7) is 0. The molecule has 0 amide bonds. The number of aliphatic imine (C=N–C) groups is 1. The van der Waals surface area contributed by atoms with Crippen molar-refractivity contribution in [3.63, 3.8) is 0 Å².